The van der Waals surface area contributed by atoms with Gasteiger partial charge in [0.05, 0.1) is 18.8 Å². The van der Waals surface area contributed by atoms with Crippen molar-refractivity contribution in [1.29, 1.82) is 0 Å². The Morgan fingerprint density at radius 2 is 2.11 bits per heavy atom. The van der Waals surface area contributed by atoms with Gasteiger partial charge in [-0.15, -0.1) is 0 Å². The van der Waals surface area contributed by atoms with Crippen molar-refractivity contribution in [2.75, 3.05) is 6.54 Å². The number of hydrogen-bond donors (Lipinski definition) is 1. The largest absolute Gasteiger partial charge is 0.489 e. The van der Waals surface area contributed by atoms with Gasteiger partial charge in [-0.25, -0.2) is 0 Å². The Morgan fingerprint density at radius 3 is 2.83 bits per heavy atom. The fourth-order valence-electron chi connectivity index (χ4n) is 2.24. The molecule has 1 aromatic heterocycles. The maximum absolute atomic E-state index is 5.96. The quantitative estimate of drug-likeness (QED) is 0.812. The first-order chi connectivity index (χ1) is 8.78. The van der Waals surface area contributed by atoms with Crippen molar-refractivity contribution >= 4 is 0 Å². The van der Waals surface area contributed by atoms with E-state index in [1.807, 2.05) is 6.07 Å². The summed E-state index contributed by atoms with van der Waals surface area (Å²) < 4.78 is 5.96. The topological polar surface area (TPSA) is 48.1 Å². The molecule has 0 unspecified atom stereocenters. The first kappa shape index (κ1) is 12.9. The van der Waals surface area contributed by atoms with Crippen LogP contribution < -0.4 is 10.5 Å². The molecule has 1 saturated carbocycles. The summed E-state index contributed by atoms with van der Waals surface area (Å²) in [5, 5.41) is 0. The van der Waals surface area contributed by atoms with Crippen LogP contribution in [-0.4, -0.2) is 17.6 Å². The second-order valence-corrected chi connectivity index (χ2v) is 4.91. The molecule has 96 valence electrons. The SMILES string of the molecule is CC1CCC(Oc2cncc(C#CCN)c2)CC1. The minimum Gasteiger partial charge on any atom is -0.489 e. The zero-order valence-electron chi connectivity index (χ0n) is 10.9. The Bertz CT molecular complexity index is 439. The van der Waals surface area contributed by atoms with Gasteiger partial charge in [0.25, 0.3) is 0 Å². The third-order valence-electron chi connectivity index (χ3n) is 3.31. The van der Waals surface area contributed by atoms with Crippen LogP contribution in [0.25, 0.3) is 0 Å². The highest BCUT2D eigenvalue weighted by Crippen LogP contribution is 2.27. The fourth-order valence-corrected chi connectivity index (χ4v) is 2.24. The molecule has 3 nitrogen and oxygen atoms in total. The number of ether oxygens (including phenoxy) is 1. The second kappa shape index (κ2) is 6.42. The van der Waals surface area contributed by atoms with Gasteiger partial charge in [-0.05, 0) is 37.7 Å². The second-order valence-electron chi connectivity index (χ2n) is 4.91. The van der Waals surface area contributed by atoms with Crippen molar-refractivity contribution < 1.29 is 4.74 Å². The minimum atomic E-state index is 0.334. The first-order valence-electron chi connectivity index (χ1n) is 6.58. The molecule has 2 N–H and O–H groups in total. The lowest BCUT2D eigenvalue weighted by atomic mass is 9.89. The van der Waals surface area contributed by atoms with Crippen molar-refractivity contribution in [3.63, 3.8) is 0 Å². The molecule has 0 amide bonds. The molecule has 1 aliphatic rings. The number of hydrogen-bond acceptors (Lipinski definition) is 3. The summed E-state index contributed by atoms with van der Waals surface area (Å²) in [5.74, 6) is 7.45. The van der Waals surface area contributed by atoms with Crippen LogP contribution in [0.2, 0.25) is 0 Å². The van der Waals surface area contributed by atoms with Gasteiger partial charge in [0.2, 0.25) is 0 Å². The zero-order valence-corrected chi connectivity index (χ0v) is 10.9. The lowest BCUT2D eigenvalue weighted by Gasteiger charge is -2.26. The average Bonchev–Trinajstić information content (AvgIpc) is 2.40. The monoisotopic (exact) mass is 244 g/mol. The molecule has 0 radical (unpaired) electrons. The van der Waals surface area contributed by atoms with Crippen LogP contribution >= 0.6 is 0 Å². The molecule has 0 bridgehead atoms. The van der Waals surface area contributed by atoms with E-state index in [1.54, 1.807) is 12.4 Å². The maximum Gasteiger partial charge on any atom is 0.139 e. The normalized spacial score (nSPS) is 23.0. The van der Waals surface area contributed by atoms with E-state index in [4.69, 9.17) is 10.5 Å². The Balaban J connectivity index is 1.96. The molecule has 0 spiro atoms. The standard InChI is InChI=1S/C15H20N2O/c1-12-4-6-14(7-5-12)18-15-9-13(3-2-8-16)10-17-11-15/h9-12,14H,4-8,16H2,1H3. The van der Waals surface area contributed by atoms with E-state index in [0.29, 0.717) is 12.6 Å². The van der Waals surface area contributed by atoms with E-state index in [-0.39, 0.29) is 0 Å². The van der Waals surface area contributed by atoms with Crippen molar-refractivity contribution in [2.24, 2.45) is 11.7 Å². The van der Waals surface area contributed by atoms with Crippen LogP contribution in [-0.2, 0) is 0 Å². The molecule has 1 aromatic rings. The van der Waals surface area contributed by atoms with Gasteiger partial charge in [0.15, 0.2) is 0 Å². The third kappa shape index (κ3) is 3.75. The first-order valence-corrected chi connectivity index (χ1v) is 6.58. The maximum atomic E-state index is 5.96. The number of nitrogens with two attached hydrogens (primary N) is 1. The van der Waals surface area contributed by atoms with E-state index >= 15 is 0 Å². The number of rotatable bonds is 2. The van der Waals surface area contributed by atoms with Crippen LogP contribution in [0.4, 0.5) is 0 Å². The van der Waals surface area contributed by atoms with Crippen molar-refractivity contribution in [2.45, 2.75) is 38.7 Å². The predicted molar refractivity (Wildman–Crippen MR) is 72.2 cm³/mol. The van der Waals surface area contributed by atoms with Crippen molar-refractivity contribution in [3.05, 3.63) is 24.0 Å². The number of nitrogens with zero attached hydrogens (tertiary/aromatic N) is 1. The Kier molecular flexibility index (Phi) is 4.60. The number of aromatic nitrogens is 1. The minimum absolute atomic E-state index is 0.334. The van der Waals surface area contributed by atoms with Crippen LogP contribution in [0.5, 0.6) is 5.75 Å². The molecule has 0 atom stereocenters. The molecule has 1 fully saturated rings. The molecule has 0 saturated heterocycles. The van der Waals surface area contributed by atoms with Gasteiger partial charge in [-0.2, -0.15) is 0 Å². The Hall–Kier alpha value is -1.53. The third-order valence-corrected chi connectivity index (χ3v) is 3.31. The fraction of sp³-hybridized carbons (Fsp3) is 0.533. The number of pyridine rings is 1. The van der Waals surface area contributed by atoms with Gasteiger partial charge in [0.1, 0.15) is 5.75 Å². The van der Waals surface area contributed by atoms with Crippen LogP contribution in [0, 0.1) is 17.8 Å². The summed E-state index contributed by atoms with van der Waals surface area (Å²) >= 11 is 0. The van der Waals surface area contributed by atoms with Gasteiger partial charge in [-0.1, -0.05) is 18.8 Å². The lowest BCUT2D eigenvalue weighted by Crippen LogP contribution is -2.23. The van der Waals surface area contributed by atoms with Crippen LogP contribution in [0.1, 0.15) is 38.2 Å². The molecule has 3 heteroatoms. The van der Waals surface area contributed by atoms with E-state index < -0.39 is 0 Å². The molecule has 0 aromatic carbocycles. The van der Waals surface area contributed by atoms with Gasteiger partial charge < -0.3 is 10.5 Å². The average molecular weight is 244 g/mol. The highest BCUT2D eigenvalue weighted by molar-refractivity contribution is 5.36. The molecular formula is C15H20N2O. The summed E-state index contributed by atoms with van der Waals surface area (Å²) in [7, 11) is 0. The van der Waals surface area contributed by atoms with Gasteiger partial charge in [0, 0.05) is 11.8 Å². The van der Waals surface area contributed by atoms with Crippen LogP contribution in [0.15, 0.2) is 18.5 Å². The molecule has 1 aliphatic carbocycles. The summed E-state index contributed by atoms with van der Waals surface area (Å²) in [6, 6.07) is 1.94. The van der Waals surface area contributed by atoms with E-state index in [2.05, 4.69) is 23.7 Å². The molecule has 18 heavy (non-hydrogen) atoms. The molecule has 2 rings (SSSR count). The highest BCUT2D eigenvalue weighted by Gasteiger charge is 2.19. The smallest absolute Gasteiger partial charge is 0.139 e. The molecule has 1 heterocycles. The molecular weight excluding hydrogens is 224 g/mol. The van der Waals surface area contributed by atoms with E-state index in [1.165, 1.54) is 12.8 Å². The highest BCUT2D eigenvalue weighted by atomic mass is 16.5. The molecule has 0 aliphatic heterocycles. The lowest BCUT2D eigenvalue weighted by molar-refractivity contribution is 0.135. The predicted octanol–water partition coefficient (Wildman–Crippen LogP) is 2.35. The van der Waals surface area contributed by atoms with Gasteiger partial charge in [-0.3, -0.25) is 4.98 Å². The summed E-state index contributed by atoms with van der Waals surface area (Å²) in [5.41, 5.74) is 6.21. The zero-order chi connectivity index (χ0) is 12.8. The Morgan fingerprint density at radius 1 is 1.33 bits per heavy atom. The van der Waals surface area contributed by atoms with Crippen molar-refractivity contribution in [3.8, 4) is 17.6 Å². The van der Waals surface area contributed by atoms with E-state index in [0.717, 1.165) is 30.1 Å². The summed E-state index contributed by atoms with van der Waals surface area (Å²) in [6.07, 6.45) is 8.61. The van der Waals surface area contributed by atoms with Crippen LogP contribution in [0.3, 0.4) is 0 Å². The van der Waals surface area contributed by atoms with Gasteiger partial charge >= 0.3 is 0 Å². The van der Waals surface area contributed by atoms with E-state index in [9.17, 15) is 0 Å². The van der Waals surface area contributed by atoms with Crippen molar-refractivity contribution in [1.82, 2.24) is 4.98 Å². The summed E-state index contributed by atoms with van der Waals surface area (Å²) in [6.45, 7) is 2.67. The Labute approximate surface area is 109 Å². The summed E-state index contributed by atoms with van der Waals surface area (Å²) in [4.78, 5) is 4.15.